The number of carboxylic acid groups (broad SMARTS) is 1. The molecular weight excluding hydrogens is 476 g/mol. The van der Waals surface area contributed by atoms with Gasteiger partial charge in [0.15, 0.2) is 16.1 Å². The fourth-order valence-corrected chi connectivity index (χ4v) is 5.55. The highest BCUT2D eigenvalue weighted by Crippen LogP contribution is 2.33. The van der Waals surface area contributed by atoms with E-state index in [1.165, 1.54) is 11.3 Å². The molecule has 2 unspecified atom stereocenters. The SMILES string of the molecule is CCCCNC1CN(c2nc3cccc(C(=O)O)c3s2)CCC1NC(=O)c1nc(Cl)c(CC)[nH]1. The Morgan fingerprint density at radius 2 is 2.12 bits per heavy atom. The molecule has 9 nitrogen and oxygen atoms in total. The first-order valence-electron chi connectivity index (χ1n) is 11.6. The highest BCUT2D eigenvalue weighted by molar-refractivity contribution is 7.22. The van der Waals surface area contributed by atoms with E-state index < -0.39 is 5.97 Å². The molecule has 1 aliphatic heterocycles. The van der Waals surface area contributed by atoms with Crippen molar-refractivity contribution in [2.24, 2.45) is 0 Å². The molecule has 4 rings (SSSR count). The predicted molar refractivity (Wildman–Crippen MR) is 134 cm³/mol. The van der Waals surface area contributed by atoms with Crippen LogP contribution >= 0.6 is 22.9 Å². The number of thiazole rings is 1. The van der Waals surface area contributed by atoms with Gasteiger partial charge in [0.2, 0.25) is 0 Å². The molecule has 0 saturated carbocycles. The van der Waals surface area contributed by atoms with Gasteiger partial charge in [-0.25, -0.2) is 14.8 Å². The lowest BCUT2D eigenvalue weighted by Crippen LogP contribution is -2.59. The number of amides is 1. The summed E-state index contributed by atoms with van der Waals surface area (Å²) in [4.78, 5) is 38.5. The Morgan fingerprint density at radius 3 is 2.82 bits per heavy atom. The van der Waals surface area contributed by atoms with Gasteiger partial charge in [-0.2, -0.15) is 0 Å². The van der Waals surface area contributed by atoms with E-state index in [2.05, 4.69) is 32.4 Å². The van der Waals surface area contributed by atoms with E-state index in [-0.39, 0.29) is 29.4 Å². The second-order valence-electron chi connectivity index (χ2n) is 8.39. The fraction of sp³-hybridized carbons (Fsp3) is 0.478. The van der Waals surface area contributed by atoms with E-state index in [9.17, 15) is 14.7 Å². The van der Waals surface area contributed by atoms with E-state index in [1.807, 2.05) is 13.0 Å². The third-order valence-electron chi connectivity index (χ3n) is 6.07. The molecular formula is C23H29ClN6O3S. The summed E-state index contributed by atoms with van der Waals surface area (Å²) >= 11 is 7.51. The van der Waals surface area contributed by atoms with Crippen LogP contribution in [0.4, 0.5) is 5.13 Å². The first-order chi connectivity index (χ1) is 16.4. The molecule has 182 valence electrons. The van der Waals surface area contributed by atoms with Crippen LogP contribution in [0.2, 0.25) is 5.15 Å². The molecule has 0 spiro atoms. The van der Waals surface area contributed by atoms with Crippen molar-refractivity contribution in [1.82, 2.24) is 25.6 Å². The summed E-state index contributed by atoms with van der Waals surface area (Å²) in [5.74, 6) is -0.997. The zero-order chi connectivity index (χ0) is 24.2. The molecule has 2 aromatic heterocycles. The Hall–Kier alpha value is -2.69. The summed E-state index contributed by atoms with van der Waals surface area (Å²) < 4.78 is 0.678. The maximum absolute atomic E-state index is 12.9. The second kappa shape index (κ2) is 10.7. The first-order valence-corrected chi connectivity index (χ1v) is 12.8. The van der Waals surface area contributed by atoms with Gasteiger partial charge >= 0.3 is 5.97 Å². The van der Waals surface area contributed by atoms with Crippen molar-refractivity contribution in [3.63, 3.8) is 0 Å². The largest absolute Gasteiger partial charge is 0.478 e. The fourth-order valence-electron chi connectivity index (χ4n) is 4.18. The zero-order valence-electron chi connectivity index (χ0n) is 19.2. The van der Waals surface area contributed by atoms with Gasteiger partial charge in [-0.1, -0.05) is 49.3 Å². The van der Waals surface area contributed by atoms with Gasteiger partial charge in [0.1, 0.15) is 0 Å². The monoisotopic (exact) mass is 504 g/mol. The van der Waals surface area contributed by atoms with Gasteiger partial charge in [0.25, 0.3) is 5.91 Å². The summed E-state index contributed by atoms with van der Waals surface area (Å²) in [6.45, 7) is 6.28. The summed E-state index contributed by atoms with van der Waals surface area (Å²) in [5, 5.41) is 17.3. The number of carboxylic acids is 1. The standard InChI is InChI=1S/C23H29ClN6O3S/c1-3-5-10-25-17-12-30(23-28-16-8-6-7-13(22(32)33)18(16)34-23)11-9-15(17)27-21(31)20-26-14(4-2)19(24)29-20/h6-8,15,17,25H,3-5,9-12H2,1-2H3,(H,26,29)(H,27,31)(H,32,33). The summed E-state index contributed by atoms with van der Waals surface area (Å²) in [7, 11) is 0. The summed E-state index contributed by atoms with van der Waals surface area (Å²) in [6.07, 6.45) is 3.49. The molecule has 1 aromatic carbocycles. The van der Waals surface area contributed by atoms with E-state index in [0.29, 0.717) is 41.3 Å². The minimum Gasteiger partial charge on any atom is -0.478 e. The smallest absolute Gasteiger partial charge is 0.337 e. The van der Waals surface area contributed by atoms with Crippen molar-refractivity contribution in [3.8, 4) is 0 Å². The molecule has 1 saturated heterocycles. The maximum atomic E-state index is 12.9. The van der Waals surface area contributed by atoms with Crippen LogP contribution in [0.15, 0.2) is 18.2 Å². The van der Waals surface area contributed by atoms with Gasteiger partial charge in [0.05, 0.1) is 21.5 Å². The lowest BCUT2D eigenvalue weighted by atomic mass is 9.99. The first kappa shape index (κ1) is 24.4. The molecule has 1 aliphatic rings. The van der Waals surface area contributed by atoms with Crippen LogP contribution in [0.25, 0.3) is 10.2 Å². The molecule has 0 aliphatic carbocycles. The Balaban J connectivity index is 1.51. The number of halogens is 1. The number of benzene rings is 1. The number of imidazole rings is 1. The van der Waals surface area contributed by atoms with Crippen molar-refractivity contribution < 1.29 is 14.7 Å². The van der Waals surface area contributed by atoms with Crippen LogP contribution in [0.1, 0.15) is 59.8 Å². The van der Waals surface area contributed by atoms with Crippen molar-refractivity contribution in [1.29, 1.82) is 0 Å². The topological polar surface area (TPSA) is 123 Å². The van der Waals surface area contributed by atoms with Gasteiger partial charge in [-0.15, -0.1) is 0 Å². The number of fused-ring (bicyclic) bond motifs is 1. The van der Waals surface area contributed by atoms with Crippen LogP contribution < -0.4 is 15.5 Å². The van der Waals surface area contributed by atoms with Crippen LogP contribution in [-0.4, -0.2) is 63.7 Å². The Bertz CT molecular complexity index is 1180. The number of aromatic amines is 1. The number of hydrogen-bond donors (Lipinski definition) is 4. The number of rotatable bonds is 9. The molecule has 2 atom stereocenters. The minimum atomic E-state index is -0.953. The molecule has 3 aromatic rings. The van der Waals surface area contributed by atoms with E-state index >= 15 is 0 Å². The number of H-pyrrole nitrogens is 1. The maximum Gasteiger partial charge on any atom is 0.337 e. The molecule has 11 heteroatoms. The predicted octanol–water partition coefficient (Wildman–Crippen LogP) is 3.70. The van der Waals surface area contributed by atoms with Crippen LogP contribution in [0, 0.1) is 0 Å². The minimum absolute atomic E-state index is 0.00582. The molecule has 0 bridgehead atoms. The molecule has 34 heavy (non-hydrogen) atoms. The van der Waals surface area contributed by atoms with Crippen LogP contribution in [0.5, 0.6) is 0 Å². The average molecular weight is 505 g/mol. The number of carbonyl (C=O) groups excluding carboxylic acids is 1. The van der Waals surface area contributed by atoms with E-state index in [1.54, 1.807) is 12.1 Å². The number of nitrogens with zero attached hydrogens (tertiary/aromatic N) is 3. The third kappa shape index (κ3) is 5.18. The normalized spacial score (nSPS) is 18.4. The third-order valence-corrected chi connectivity index (χ3v) is 7.55. The highest BCUT2D eigenvalue weighted by atomic mass is 35.5. The summed E-state index contributed by atoms with van der Waals surface area (Å²) in [5.41, 5.74) is 1.70. The highest BCUT2D eigenvalue weighted by Gasteiger charge is 2.32. The zero-order valence-corrected chi connectivity index (χ0v) is 20.8. The van der Waals surface area contributed by atoms with Gasteiger partial charge in [-0.05, 0) is 37.9 Å². The number of aryl methyl sites for hydroxylation is 1. The Morgan fingerprint density at radius 1 is 1.29 bits per heavy atom. The number of aromatic nitrogens is 3. The second-order valence-corrected chi connectivity index (χ2v) is 9.73. The van der Waals surface area contributed by atoms with Crippen molar-refractivity contribution >= 4 is 50.2 Å². The number of anilines is 1. The van der Waals surface area contributed by atoms with Crippen LogP contribution in [0.3, 0.4) is 0 Å². The lowest BCUT2D eigenvalue weighted by Gasteiger charge is -2.39. The Kier molecular flexibility index (Phi) is 7.70. The average Bonchev–Trinajstić information content (AvgIpc) is 3.43. The van der Waals surface area contributed by atoms with Gasteiger partial charge in [0, 0.05) is 25.2 Å². The van der Waals surface area contributed by atoms with Crippen molar-refractivity contribution in [3.05, 3.63) is 40.4 Å². The van der Waals surface area contributed by atoms with E-state index in [0.717, 1.165) is 30.2 Å². The number of hydrogen-bond acceptors (Lipinski definition) is 7. The number of piperidine rings is 1. The molecule has 1 amide bonds. The molecule has 0 radical (unpaired) electrons. The number of aromatic carboxylic acids is 1. The number of carbonyl (C=O) groups is 2. The van der Waals surface area contributed by atoms with E-state index in [4.69, 9.17) is 16.6 Å². The van der Waals surface area contributed by atoms with Crippen LogP contribution in [-0.2, 0) is 6.42 Å². The van der Waals surface area contributed by atoms with Gasteiger partial charge < -0.3 is 25.6 Å². The quantitative estimate of drug-likeness (QED) is 0.327. The Labute approximate surface area is 206 Å². The van der Waals surface area contributed by atoms with Gasteiger partial charge in [-0.3, -0.25) is 4.79 Å². The number of nitrogens with one attached hydrogen (secondary N) is 3. The number of unbranched alkanes of at least 4 members (excludes halogenated alkanes) is 1. The molecule has 3 heterocycles. The van der Waals surface area contributed by atoms with Crippen molar-refractivity contribution in [2.45, 2.75) is 51.6 Å². The van der Waals surface area contributed by atoms with Crippen molar-refractivity contribution in [2.75, 3.05) is 24.5 Å². The molecule has 4 N–H and O–H groups in total. The summed E-state index contributed by atoms with van der Waals surface area (Å²) in [6, 6.07) is 5.08. The molecule has 1 fully saturated rings. The lowest BCUT2D eigenvalue weighted by molar-refractivity contribution is 0.0699.